The number of nitrogens with one attached hydrogen (secondary N) is 2. The van der Waals surface area contributed by atoms with E-state index < -0.39 is 0 Å². The quantitative estimate of drug-likeness (QED) is 0.859. The normalized spacial score (nSPS) is 10.3. The molecule has 0 aliphatic rings. The molecule has 0 unspecified atom stereocenters. The first kappa shape index (κ1) is 15.6. The summed E-state index contributed by atoms with van der Waals surface area (Å²) in [5, 5.41) is 6.10. The Bertz CT molecular complexity index is 668. The Morgan fingerprint density at radius 1 is 1.05 bits per heavy atom. The molecule has 2 N–H and O–H groups in total. The van der Waals surface area contributed by atoms with Gasteiger partial charge in [-0.05, 0) is 61.7 Å². The summed E-state index contributed by atoms with van der Waals surface area (Å²) in [5.41, 5.74) is 5.25. The maximum Gasteiger partial charge on any atom is 0.243 e. The predicted octanol–water partition coefficient (Wildman–Crippen LogP) is 4.42. The lowest BCUT2D eigenvalue weighted by Gasteiger charge is -2.12. The van der Waals surface area contributed by atoms with Crippen LogP contribution in [0.3, 0.4) is 0 Å². The number of anilines is 2. The fourth-order valence-electron chi connectivity index (χ4n) is 2.08. The highest BCUT2D eigenvalue weighted by Gasteiger charge is 2.06. The SMILES string of the molecule is Cc1cc(Br)ccc1NC(=O)CNc1cccc(C)c1C. The molecule has 0 bridgehead atoms. The number of amides is 1. The number of hydrogen-bond acceptors (Lipinski definition) is 2. The van der Waals surface area contributed by atoms with Crippen LogP contribution in [0.2, 0.25) is 0 Å². The van der Waals surface area contributed by atoms with Crippen LogP contribution >= 0.6 is 15.9 Å². The van der Waals surface area contributed by atoms with Crippen molar-refractivity contribution in [1.82, 2.24) is 0 Å². The van der Waals surface area contributed by atoms with E-state index in [2.05, 4.69) is 46.5 Å². The summed E-state index contributed by atoms with van der Waals surface area (Å²) in [6, 6.07) is 11.8. The lowest BCUT2D eigenvalue weighted by molar-refractivity contribution is -0.114. The molecule has 0 aliphatic heterocycles. The zero-order valence-electron chi connectivity index (χ0n) is 12.5. The van der Waals surface area contributed by atoms with E-state index in [1.54, 1.807) is 0 Å². The highest BCUT2D eigenvalue weighted by atomic mass is 79.9. The van der Waals surface area contributed by atoms with E-state index in [0.29, 0.717) is 0 Å². The van der Waals surface area contributed by atoms with Gasteiger partial charge in [0, 0.05) is 15.8 Å². The average molecular weight is 347 g/mol. The van der Waals surface area contributed by atoms with Gasteiger partial charge in [0.25, 0.3) is 0 Å². The summed E-state index contributed by atoms with van der Waals surface area (Å²) in [6.07, 6.45) is 0. The minimum absolute atomic E-state index is 0.0543. The Kier molecular flexibility index (Phi) is 5.02. The molecule has 0 heterocycles. The Labute approximate surface area is 133 Å². The lowest BCUT2D eigenvalue weighted by atomic mass is 10.1. The van der Waals surface area contributed by atoms with E-state index in [4.69, 9.17) is 0 Å². The molecule has 0 atom stereocenters. The van der Waals surface area contributed by atoms with Gasteiger partial charge >= 0.3 is 0 Å². The van der Waals surface area contributed by atoms with Crippen molar-refractivity contribution in [1.29, 1.82) is 0 Å². The molecule has 2 aromatic carbocycles. The Morgan fingerprint density at radius 3 is 2.52 bits per heavy atom. The highest BCUT2D eigenvalue weighted by Crippen LogP contribution is 2.20. The fourth-order valence-corrected chi connectivity index (χ4v) is 2.56. The smallest absolute Gasteiger partial charge is 0.243 e. The summed E-state index contributed by atoms with van der Waals surface area (Å²) in [7, 11) is 0. The molecule has 0 aromatic heterocycles. The van der Waals surface area contributed by atoms with E-state index >= 15 is 0 Å². The van der Waals surface area contributed by atoms with E-state index in [1.165, 1.54) is 11.1 Å². The Hall–Kier alpha value is -1.81. The van der Waals surface area contributed by atoms with E-state index in [-0.39, 0.29) is 12.5 Å². The van der Waals surface area contributed by atoms with Gasteiger partial charge in [0.15, 0.2) is 0 Å². The fraction of sp³-hybridized carbons (Fsp3) is 0.235. The van der Waals surface area contributed by atoms with E-state index in [9.17, 15) is 4.79 Å². The van der Waals surface area contributed by atoms with Gasteiger partial charge in [0.05, 0.1) is 6.54 Å². The number of aryl methyl sites for hydroxylation is 2. The van der Waals surface area contributed by atoms with Crippen molar-refractivity contribution in [2.45, 2.75) is 20.8 Å². The number of hydrogen-bond donors (Lipinski definition) is 2. The molecule has 3 nitrogen and oxygen atoms in total. The van der Waals surface area contributed by atoms with Crippen LogP contribution in [0.25, 0.3) is 0 Å². The van der Waals surface area contributed by atoms with Gasteiger partial charge in [0.1, 0.15) is 0 Å². The van der Waals surface area contributed by atoms with Gasteiger partial charge in [-0.15, -0.1) is 0 Å². The Balaban J connectivity index is 1.97. The van der Waals surface area contributed by atoms with Gasteiger partial charge in [-0.2, -0.15) is 0 Å². The first-order valence-corrected chi connectivity index (χ1v) is 7.63. The van der Waals surface area contributed by atoms with Crippen molar-refractivity contribution in [2.24, 2.45) is 0 Å². The van der Waals surface area contributed by atoms with Gasteiger partial charge in [-0.3, -0.25) is 4.79 Å². The number of halogens is 1. The molecule has 0 saturated heterocycles. The first-order chi connectivity index (χ1) is 9.97. The van der Waals surface area contributed by atoms with Crippen molar-refractivity contribution in [2.75, 3.05) is 17.2 Å². The maximum atomic E-state index is 12.0. The number of rotatable bonds is 4. The minimum atomic E-state index is -0.0543. The molecule has 0 radical (unpaired) electrons. The molecule has 21 heavy (non-hydrogen) atoms. The molecule has 0 saturated carbocycles. The second-order valence-electron chi connectivity index (χ2n) is 5.11. The summed E-state index contributed by atoms with van der Waals surface area (Å²) in [5.74, 6) is -0.0543. The molecule has 0 fully saturated rings. The number of carbonyl (C=O) groups is 1. The highest BCUT2D eigenvalue weighted by molar-refractivity contribution is 9.10. The molecule has 4 heteroatoms. The van der Waals surface area contributed by atoms with Gasteiger partial charge in [-0.25, -0.2) is 0 Å². The standard InChI is InChI=1S/C17H19BrN2O/c1-11-5-4-6-16(13(11)3)19-10-17(21)20-15-8-7-14(18)9-12(15)2/h4-9,19H,10H2,1-3H3,(H,20,21). The van der Waals surface area contributed by atoms with Crippen LogP contribution in [0.4, 0.5) is 11.4 Å². The van der Waals surface area contributed by atoms with Crippen LogP contribution < -0.4 is 10.6 Å². The largest absolute Gasteiger partial charge is 0.376 e. The van der Waals surface area contributed by atoms with Crippen LogP contribution in [0.15, 0.2) is 40.9 Å². The van der Waals surface area contributed by atoms with E-state index in [0.717, 1.165) is 21.4 Å². The van der Waals surface area contributed by atoms with Crippen molar-refractivity contribution < 1.29 is 4.79 Å². The zero-order valence-corrected chi connectivity index (χ0v) is 14.0. The molecule has 1 amide bonds. The summed E-state index contributed by atoms with van der Waals surface area (Å²) in [6.45, 7) is 6.33. The van der Waals surface area contributed by atoms with Crippen LogP contribution in [0, 0.1) is 20.8 Å². The number of benzene rings is 2. The molecular formula is C17H19BrN2O. The lowest BCUT2D eigenvalue weighted by Crippen LogP contribution is -2.22. The molecule has 2 rings (SSSR count). The summed E-state index contributed by atoms with van der Waals surface area (Å²) < 4.78 is 1.01. The summed E-state index contributed by atoms with van der Waals surface area (Å²) >= 11 is 3.41. The topological polar surface area (TPSA) is 41.1 Å². The van der Waals surface area contributed by atoms with Crippen LogP contribution in [0.1, 0.15) is 16.7 Å². The van der Waals surface area contributed by atoms with Crippen LogP contribution in [-0.2, 0) is 4.79 Å². The summed E-state index contributed by atoms with van der Waals surface area (Å²) in [4.78, 5) is 12.0. The van der Waals surface area contributed by atoms with Gasteiger partial charge < -0.3 is 10.6 Å². The number of carbonyl (C=O) groups excluding carboxylic acids is 1. The van der Waals surface area contributed by atoms with Crippen molar-refractivity contribution in [3.05, 3.63) is 57.6 Å². The third kappa shape index (κ3) is 4.08. The van der Waals surface area contributed by atoms with Crippen LogP contribution in [-0.4, -0.2) is 12.5 Å². The minimum Gasteiger partial charge on any atom is -0.376 e. The maximum absolute atomic E-state index is 12.0. The van der Waals surface area contributed by atoms with Gasteiger partial charge in [0.2, 0.25) is 5.91 Å². The monoisotopic (exact) mass is 346 g/mol. The van der Waals surface area contributed by atoms with Crippen molar-refractivity contribution in [3.8, 4) is 0 Å². The van der Waals surface area contributed by atoms with Crippen molar-refractivity contribution in [3.63, 3.8) is 0 Å². The molecular weight excluding hydrogens is 328 g/mol. The molecule has 0 spiro atoms. The zero-order chi connectivity index (χ0) is 15.4. The van der Waals surface area contributed by atoms with E-state index in [1.807, 2.05) is 37.3 Å². The Morgan fingerprint density at radius 2 is 1.81 bits per heavy atom. The first-order valence-electron chi connectivity index (χ1n) is 6.83. The second kappa shape index (κ2) is 6.76. The third-order valence-corrected chi connectivity index (χ3v) is 4.00. The predicted molar refractivity (Wildman–Crippen MR) is 91.9 cm³/mol. The molecule has 2 aromatic rings. The molecule has 0 aliphatic carbocycles. The van der Waals surface area contributed by atoms with Crippen LogP contribution in [0.5, 0.6) is 0 Å². The third-order valence-electron chi connectivity index (χ3n) is 3.51. The van der Waals surface area contributed by atoms with Gasteiger partial charge in [-0.1, -0.05) is 28.1 Å². The second-order valence-corrected chi connectivity index (χ2v) is 6.02. The molecule has 110 valence electrons. The average Bonchev–Trinajstić information content (AvgIpc) is 2.43. The van der Waals surface area contributed by atoms with Crippen molar-refractivity contribution >= 4 is 33.2 Å².